The van der Waals surface area contributed by atoms with E-state index in [-0.39, 0.29) is 5.56 Å². The van der Waals surface area contributed by atoms with E-state index in [0.717, 1.165) is 9.35 Å². The Hall–Kier alpha value is -1.38. The first-order valence-corrected chi connectivity index (χ1v) is 8.22. The molecule has 0 aliphatic heterocycles. The van der Waals surface area contributed by atoms with Crippen molar-refractivity contribution in [3.8, 4) is 0 Å². The molecule has 0 aliphatic carbocycles. The van der Waals surface area contributed by atoms with Gasteiger partial charge in [0.25, 0.3) is 0 Å². The van der Waals surface area contributed by atoms with E-state index >= 15 is 0 Å². The summed E-state index contributed by atoms with van der Waals surface area (Å²) in [7, 11) is 0. The lowest BCUT2D eigenvalue weighted by Gasteiger charge is -2.08. The summed E-state index contributed by atoms with van der Waals surface area (Å²) in [6.07, 6.45) is 0. The summed E-state index contributed by atoms with van der Waals surface area (Å²) in [6.45, 7) is 0.405. The van der Waals surface area contributed by atoms with Crippen LogP contribution in [0.25, 0.3) is 0 Å². The maximum Gasteiger partial charge on any atom is 0.335 e. The Morgan fingerprint density at radius 2 is 1.90 bits per heavy atom. The normalized spacial score (nSPS) is 10.2. The fourth-order valence-electron chi connectivity index (χ4n) is 1.57. The van der Waals surface area contributed by atoms with Crippen molar-refractivity contribution < 1.29 is 14.7 Å². The van der Waals surface area contributed by atoms with Crippen LogP contribution in [0.2, 0.25) is 0 Å². The van der Waals surface area contributed by atoms with Gasteiger partial charge in [0, 0.05) is 24.9 Å². The molecule has 2 amide bonds. The molecule has 0 saturated heterocycles. The summed E-state index contributed by atoms with van der Waals surface area (Å²) in [5, 5.41) is 16.2. The van der Waals surface area contributed by atoms with Gasteiger partial charge in [0.1, 0.15) is 0 Å². The SMILES string of the molecule is O=C(NCc1cc(Br)cs1)Nc1cc(Br)cc(C(=O)O)c1. The van der Waals surface area contributed by atoms with Gasteiger partial charge in [-0.3, -0.25) is 0 Å². The van der Waals surface area contributed by atoms with E-state index in [1.165, 1.54) is 23.5 Å². The fourth-order valence-corrected chi connectivity index (χ4v) is 3.46. The Kier molecular flexibility index (Phi) is 5.38. The summed E-state index contributed by atoms with van der Waals surface area (Å²) in [5.74, 6) is -1.05. The van der Waals surface area contributed by atoms with Gasteiger partial charge in [0.05, 0.1) is 12.1 Å². The largest absolute Gasteiger partial charge is 0.478 e. The number of urea groups is 1. The number of carbonyl (C=O) groups excluding carboxylic acids is 1. The zero-order valence-electron chi connectivity index (χ0n) is 10.5. The maximum absolute atomic E-state index is 11.8. The van der Waals surface area contributed by atoms with Crippen LogP contribution in [0.4, 0.5) is 10.5 Å². The summed E-state index contributed by atoms with van der Waals surface area (Å²) in [4.78, 5) is 23.8. The lowest BCUT2D eigenvalue weighted by Crippen LogP contribution is -2.27. The molecule has 0 spiro atoms. The van der Waals surface area contributed by atoms with Crippen LogP contribution in [0.3, 0.4) is 0 Å². The van der Waals surface area contributed by atoms with E-state index in [0.29, 0.717) is 16.7 Å². The minimum absolute atomic E-state index is 0.0989. The monoisotopic (exact) mass is 432 g/mol. The van der Waals surface area contributed by atoms with Crippen molar-refractivity contribution >= 4 is 60.9 Å². The van der Waals surface area contributed by atoms with Crippen LogP contribution in [-0.2, 0) is 6.54 Å². The first-order chi connectivity index (χ1) is 9.94. The van der Waals surface area contributed by atoms with E-state index in [1.807, 2.05) is 11.4 Å². The second-order valence-corrected chi connectivity index (χ2v) is 6.90. The van der Waals surface area contributed by atoms with Crippen molar-refractivity contribution in [3.63, 3.8) is 0 Å². The molecule has 0 bridgehead atoms. The average molecular weight is 434 g/mol. The van der Waals surface area contributed by atoms with Gasteiger partial charge in [0.15, 0.2) is 0 Å². The number of benzene rings is 1. The Balaban J connectivity index is 1.97. The van der Waals surface area contributed by atoms with Crippen LogP contribution in [0.5, 0.6) is 0 Å². The summed E-state index contributed by atoms with van der Waals surface area (Å²) >= 11 is 8.09. The Labute approximate surface area is 141 Å². The van der Waals surface area contributed by atoms with Crippen LogP contribution in [-0.4, -0.2) is 17.1 Å². The van der Waals surface area contributed by atoms with Gasteiger partial charge in [-0.25, -0.2) is 9.59 Å². The van der Waals surface area contributed by atoms with Gasteiger partial charge in [-0.05, 0) is 40.2 Å². The van der Waals surface area contributed by atoms with E-state index in [1.54, 1.807) is 6.07 Å². The highest BCUT2D eigenvalue weighted by Crippen LogP contribution is 2.21. The molecule has 1 aromatic heterocycles. The number of nitrogens with one attached hydrogen (secondary N) is 2. The molecule has 1 heterocycles. The number of carbonyl (C=O) groups is 2. The number of amides is 2. The Bertz CT molecular complexity index is 688. The van der Waals surface area contributed by atoms with Crippen molar-refractivity contribution in [3.05, 3.63) is 49.0 Å². The summed E-state index contributed by atoms with van der Waals surface area (Å²) < 4.78 is 1.56. The molecule has 0 aliphatic rings. The smallest absolute Gasteiger partial charge is 0.335 e. The molecule has 5 nitrogen and oxygen atoms in total. The van der Waals surface area contributed by atoms with Gasteiger partial charge in [-0.2, -0.15) is 0 Å². The lowest BCUT2D eigenvalue weighted by molar-refractivity contribution is 0.0697. The molecular weight excluding hydrogens is 424 g/mol. The highest BCUT2D eigenvalue weighted by molar-refractivity contribution is 9.10. The number of hydrogen-bond acceptors (Lipinski definition) is 3. The van der Waals surface area contributed by atoms with E-state index < -0.39 is 12.0 Å². The molecular formula is C13H10Br2N2O3S. The van der Waals surface area contributed by atoms with Crippen molar-refractivity contribution in [1.29, 1.82) is 0 Å². The van der Waals surface area contributed by atoms with Crippen molar-refractivity contribution in [2.24, 2.45) is 0 Å². The minimum atomic E-state index is -1.05. The average Bonchev–Trinajstić information content (AvgIpc) is 2.81. The van der Waals surface area contributed by atoms with Gasteiger partial charge in [-0.1, -0.05) is 15.9 Å². The topological polar surface area (TPSA) is 78.4 Å². The molecule has 0 unspecified atom stereocenters. The zero-order chi connectivity index (χ0) is 15.4. The number of aromatic carboxylic acids is 1. The molecule has 0 radical (unpaired) electrons. The number of rotatable bonds is 4. The molecule has 0 fully saturated rings. The zero-order valence-corrected chi connectivity index (χ0v) is 14.5. The van der Waals surface area contributed by atoms with Crippen LogP contribution in [0.15, 0.2) is 38.6 Å². The highest BCUT2D eigenvalue weighted by atomic mass is 79.9. The quantitative estimate of drug-likeness (QED) is 0.672. The molecule has 2 rings (SSSR count). The first kappa shape index (κ1) is 16.0. The predicted octanol–water partition coefficient (Wildman–Crippen LogP) is 4.29. The van der Waals surface area contributed by atoms with Gasteiger partial charge < -0.3 is 15.7 Å². The maximum atomic E-state index is 11.8. The van der Waals surface area contributed by atoms with E-state index in [4.69, 9.17) is 5.11 Å². The van der Waals surface area contributed by atoms with Crippen LogP contribution in [0, 0.1) is 0 Å². The molecule has 21 heavy (non-hydrogen) atoms. The molecule has 3 N–H and O–H groups in total. The van der Waals surface area contributed by atoms with Gasteiger partial charge in [-0.15, -0.1) is 11.3 Å². The first-order valence-electron chi connectivity index (χ1n) is 5.75. The second-order valence-electron chi connectivity index (χ2n) is 4.07. The molecule has 1 aromatic carbocycles. The molecule has 8 heteroatoms. The molecule has 0 saturated carbocycles. The predicted molar refractivity (Wildman–Crippen MR) is 89.0 cm³/mol. The molecule has 110 valence electrons. The summed E-state index contributed by atoms with van der Waals surface area (Å²) in [5.41, 5.74) is 0.508. The van der Waals surface area contributed by atoms with Crippen molar-refractivity contribution in [2.75, 3.05) is 5.32 Å². The Morgan fingerprint density at radius 3 is 2.52 bits per heavy atom. The van der Waals surface area contributed by atoms with Crippen LogP contribution < -0.4 is 10.6 Å². The Morgan fingerprint density at radius 1 is 1.14 bits per heavy atom. The molecule has 0 atom stereocenters. The summed E-state index contributed by atoms with van der Waals surface area (Å²) in [6, 6.07) is 6.03. The van der Waals surface area contributed by atoms with Crippen LogP contribution >= 0.6 is 43.2 Å². The highest BCUT2D eigenvalue weighted by Gasteiger charge is 2.08. The number of hydrogen-bond donors (Lipinski definition) is 3. The van der Waals surface area contributed by atoms with Gasteiger partial charge >= 0.3 is 12.0 Å². The number of halogens is 2. The second kappa shape index (κ2) is 7.06. The third-order valence-corrected chi connectivity index (χ3v) is 4.60. The van der Waals surface area contributed by atoms with Crippen molar-refractivity contribution in [2.45, 2.75) is 6.54 Å². The third kappa shape index (κ3) is 4.83. The third-order valence-electron chi connectivity index (χ3n) is 2.45. The number of carboxylic acid groups (broad SMARTS) is 1. The van der Waals surface area contributed by atoms with Gasteiger partial charge in [0.2, 0.25) is 0 Å². The standard InChI is InChI=1S/C13H10Br2N2O3S/c14-8-1-7(12(18)19)2-10(3-8)17-13(20)16-5-11-4-9(15)6-21-11/h1-4,6H,5H2,(H,18,19)(H2,16,17,20). The minimum Gasteiger partial charge on any atom is -0.478 e. The number of carboxylic acids is 1. The number of anilines is 1. The molecule has 2 aromatic rings. The van der Waals surface area contributed by atoms with Crippen molar-refractivity contribution in [1.82, 2.24) is 5.32 Å². The lowest BCUT2D eigenvalue weighted by atomic mass is 10.2. The van der Waals surface area contributed by atoms with Crippen LogP contribution in [0.1, 0.15) is 15.2 Å². The van der Waals surface area contributed by atoms with E-state index in [2.05, 4.69) is 42.5 Å². The fraction of sp³-hybridized carbons (Fsp3) is 0.0769. The van der Waals surface area contributed by atoms with E-state index in [9.17, 15) is 9.59 Å². The number of thiophene rings is 1.